The van der Waals surface area contributed by atoms with Crippen molar-refractivity contribution in [1.82, 2.24) is 0 Å². The number of unbranched alkanes of at least 4 members (excludes halogenated alkanes) is 2. The molecule has 0 aliphatic heterocycles. The number of rotatable bonds is 8. The third-order valence-corrected chi connectivity index (χ3v) is 6.67. The van der Waals surface area contributed by atoms with Crippen molar-refractivity contribution in [3.05, 3.63) is 118 Å². The van der Waals surface area contributed by atoms with Crippen LogP contribution in [0.2, 0.25) is 0 Å². The second-order valence-corrected chi connectivity index (χ2v) is 9.71. The van der Waals surface area contributed by atoms with Crippen molar-refractivity contribution >= 4 is 10.8 Å². The quantitative estimate of drug-likeness (QED) is 0.119. The Kier molecular flexibility index (Phi) is 9.01. The summed E-state index contributed by atoms with van der Waals surface area (Å²) in [7, 11) is 0. The van der Waals surface area contributed by atoms with Gasteiger partial charge in [0.15, 0.2) is 0 Å². The zero-order chi connectivity index (χ0) is 28.0. The molecule has 0 aliphatic rings. The Morgan fingerprint density at radius 2 is 1.33 bits per heavy atom. The summed E-state index contributed by atoms with van der Waals surface area (Å²) in [6.45, 7) is 2.18. The Morgan fingerprint density at radius 1 is 0.667 bits per heavy atom. The van der Waals surface area contributed by atoms with Gasteiger partial charge in [0.25, 0.3) is 0 Å². The van der Waals surface area contributed by atoms with Crippen LogP contribution in [-0.2, 0) is 25.7 Å². The molecular weight excluding hydrogens is 510 g/mol. The minimum atomic E-state index is -4.72. The van der Waals surface area contributed by atoms with Gasteiger partial charge < -0.3 is 0 Å². The molecule has 39 heavy (non-hydrogen) atoms. The molecule has 4 aromatic rings. The fraction of sp³-hybridized carbons (Fsp3) is 0.273. The van der Waals surface area contributed by atoms with Crippen LogP contribution < -0.4 is 0 Å². The third kappa shape index (κ3) is 7.66. The second kappa shape index (κ2) is 12.4. The predicted octanol–water partition coefficient (Wildman–Crippen LogP) is 9.28. The molecule has 0 aromatic heterocycles. The van der Waals surface area contributed by atoms with Gasteiger partial charge in [0.05, 0.1) is 6.42 Å². The van der Waals surface area contributed by atoms with E-state index in [0.717, 1.165) is 29.7 Å². The van der Waals surface area contributed by atoms with Crippen LogP contribution in [0.3, 0.4) is 0 Å². The van der Waals surface area contributed by atoms with Crippen LogP contribution in [0.1, 0.15) is 59.6 Å². The summed E-state index contributed by atoms with van der Waals surface area (Å²) < 4.78 is 81.1. The standard InChI is InChI=1S/C33H28F6/c1-2-3-4-5-22-6-8-23(9-7-22)10-11-24-13-17-28-27(18-24)16-15-26(32(28)36)14-12-25-19-30(34)29(31(35)20-25)21-33(37,38)39/h6-9,13,15-20H,2-5,12,14,21H2,1H3. The van der Waals surface area contributed by atoms with E-state index in [1.54, 1.807) is 30.3 Å². The average Bonchev–Trinajstić information content (AvgIpc) is 2.89. The third-order valence-electron chi connectivity index (χ3n) is 6.67. The van der Waals surface area contributed by atoms with E-state index < -0.39 is 35.6 Å². The Hall–Kier alpha value is -3.72. The molecule has 0 N–H and O–H groups in total. The van der Waals surface area contributed by atoms with E-state index >= 15 is 4.39 Å². The average molecular weight is 539 g/mol. The normalized spacial score (nSPS) is 11.5. The maximum Gasteiger partial charge on any atom is 0.393 e. The molecule has 0 amide bonds. The van der Waals surface area contributed by atoms with Crippen molar-refractivity contribution in [3.63, 3.8) is 0 Å². The maximum atomic E-state index is 15.2. The predicted molar refractivity (Wildman–Crippen MR) is 143 cm³/mol. The summed E-state index contributed by atoms with van der Waals surface area (Å²) in [4.78, 5) is 0. The number of aryl methyl sites for hydroxylation is 3. The number of fused-ring (bicyclic) bond motifs is 1. The summed E-state index contributed by atoms with van der Waals surface area (Å²) in [5, 5.41) is 1.07. The fourth-order valence-corrected chi connectivity index (χ4v) is 4.53. The van der Waals surface area contributed by atoms with Gasteiger partial charge >= 0.3 is 6.18 Å². The summed E-state index contributed by atoms with van der Waals surface area (Å²) >= 11 is 0. The second-order valence-electron chi connectivity index (χ2n) is 9.71. The maximum absolute atomic E-state index is 15.2. The lowest BCUT2D eigenvalue weighted by Gasteiger charge is -2.11. The van der Waals surface area contributed by atoms with Crippen LogP contribution in [-0.4, -0.2) is 6.18 Å². The van der Waals surface area contributed by atoms with Gasteiger partial charge in [-0.15, -0.1) is 0 Å². The SMILES string of the molecule is CCCCCc1ccc(C#Cc2ccc3c(F)c(CCc4cc(F)c(CC(F)(F)F)c(F)c4)ccc3c2)cc1. The highest BCUT2D eigenvalue weighted by Gasteiger charge is 2.31. The molecule has 202 valence electrons. The first-order valence-electron chi connectivity index (χ1n) is 13.0. The van der Waals surface area contributed by atoms with E-state index in [-0.39, 0.29) is 18.4 Å². The van der Waals surface area contributed by atoms with Gasteiger partial charge in [-0.25, -0.2) is 13.2 Å². The molecule has 0 saturated heterocycles. The molecule has 0 atom stereocenters. The number of alkyl halides is 3. The molecule has 0 aliphatic carbocycles. The van der Waals surface area contributed by atoms with Crippen molar-refractivity contribution in [1.29, 1.82) is 0 Å². The number of hydrogen-bond acceptors (Lipinski definition) is 0. The molecule has 0 heterocycles. The lowest BCUT2D eigenvalue weighted by molar-refractivity contribution is -0.128. The van der Waals surface area contributed by atoms with Crippen molar-refractivity contribution in [3.8, 4) is 11.8 Å². The number of benzene rings is 4. The molecule has 4 aromatic carbocycles. The smallest absolute Gasteiger partial charge is 0.207 e. The zero-order valence-corrected chi connectivity index (χ0v) is 21.6. The van der Waals surface area contributed by atoms with E-state index in [2.05, 4.69) is 30.9 Å². The van der Waals surface area contributed by atoms with E-state index in [1.807, 2.05) is 12.1 Å². The molecule has 0 fully saturated rings. The highest BCUT2D eigenvalue weighted by atomic mass is 19.4. The Balaban J connectivity index is 1.45. The molecular formula is C33H28F6. The van der Waals surface area contributed by atoms with Crippen LogP contribution in [0.15, 0.2) is 66.7 Å². The van der Waals surface area contributed by atoms with E-state index in [1.165, 1.54) is 24.8 Å². The van der Waals surface area contributed by atoms with Crippen LogP contribution >= 0.6 is 0 Å². The Bertz CT molecular complexity index is 1480. The fourth-order valence-electron chi connectivity index (χ4n) is 4.53. The van der Waals surface area contributed by atoms with Crippen LogP contribution in [0.25, 0.3) is 10.8 Å². The van der Waals surface area contributed by atoms with Crippen molar-refractivity contribution in [2.24, 2.45) is 0 Å². The molecule has 0 spiro atoms. The molecule has 0 bridgehead atoms. The first kappa shape index (κ1) is 28.3. The minimum absolute atomic E-state index is 0.0729. The molecule has 0 saturated carbocycles. The summed E-state index contributed by atoms with van der Waals surface area (Å²) in [6.07, 6.45) is -1.56. The molecule has 6 heteroatoms. The minimum Gasteiger partial charge on any atom is -0.207 e. The first-order valence-corrected chi connectivity index (χ1v) is 13.0. The number of hydrogen-bond donors (Lipinski definition) is 0. The summed E-state index contributed by atoms with van der Waals surface area (Å²) in [5.41, 5.74) is 2.43. The van der Waals surface area contributed by atoms with Crippen molar-refractivity contribution in [2.45, 2.75) is 58.0 Å². The Morgan fingerprint density at radius 3 is 2.00 bits per heavy atom. The summed E-state index contributed by atoms with van der Waals surface area (Å²) in [6, 6.07) is 18.5. The summed E-state index contributed by atoms with van der Waals surface area (Å²) in [5.74, 6) is 3.32. The lowest BCUT2D eigenvalue weighted by Crippen LogP contribution is -2.14. The van der Waals surface area contributed by atoms with Gasteiger partial charge in [-0.2, -0.15) is 13.2 Å². The van der Waals surface area contributed by atoms with Gasteiger partial charge in [0.1, 0.15) is 17.5 Å². The van der Waals surface area contributed by atoms with Gasteiger partial charge in [0, 0.05) is 22.1 Å². The topological polar surface area (TPSA) is 0 Å². The zero-order valence-electron chi connectivity index (χ0n) is 21.6. The largest absolute Gasteiger partial charge is 0.393 e. The van der Waals surface area contributed by atoms with E-state index in [9.17, 15) is 22.0 Å². The monoisotopic (exact) mass is 538 g/mol. The van der Waals surface area contributed by atoms with Crippen LogP contribution in [0.4, 0.5) is 26.3 Å². The molecule has 4 rings (SSSR count). The van der Waals surface area contributed by atoms with Gasteiger partial charge in [-0.1, -0.05) is 61.9 Å². The number of halogens is 6. The van der Waals surface area contributed by atoms with Crippen molar-refractivity contribution < 1.29 is 26.3 Å². The van der Waals surface area contributed by atoms with Gasteiger partial charge in [-0.05, 0) is 84.2 Å². The van der Waals surface area contributed by atoms with Crippen LogP contribution in [0, 0.1) is 29.3 Å². The van der Waals surface area contributed by atoms with Crippen molar-refractivity contribution in [2.75, 3.05) is 0 Å². The molecule has 0 radical (unpaired) electrons. The van der Waals surface area contributed by atoms with Crippen LogP contribution in [0.5, 0.6) is 0 Å². The highest BCUT2D eigenvalue weighted by molar-refractivity contribution is 5.85. The van der Waals surface area contributed by atoms with Gasteiger partial charge in [0.2, 0.25) is 0 Å². The molecule has 0 unspecified atom stereocenters. The van der Waals surface area contributed by atoms with E-state index in [4.69, 9.17) is 0 Å². The highest BCUT2D eigenvalue weighted by Crippen LogP contribution is 2.27. The Labute approximate surface area is 224 Å². The lowest BCUT2D eigenvalue weighted by atomic mass is 9.98. The first-order chi connectivity index (χ1) is 18.6. The van der Waals surface area contributed by atoms with Gasteiger partial charge in [-0.3, -0.25) is 0 Å². The molecule has 0 nitrogen and oxygen atoms in total. The van der Waals surface area contributed by atoms with E-state index in [0.29, 0.717) is 16.3 Å².